The molecular weight excluding hydrogens is 327 g/mol. The summed E-state index contributed by atoms with van der Waals surface area (Å²) in [6.45, 7) is 3.06. The van der Waals surface area contributed by atoms with Crippen molar-refractivity contribution in [2.24, 2.45) is 0 Å². The van der Waals surface area contributed by atoms with E-state index < -0.39 is 0 Å². The van der Waals surface area contributed by atoms with Gasteiger partial charge in [-0.05, 0) is 47.1 Å². The Balaban J connectivity index is 2.13. The monoisotopic (exact) mass is 342 g/mol. The lowest BCUT2D eigenvalue weighted by atomic mass is 10.1. The number of pyridine rings is 1. The first-order chi connectivity index (χ1) is 9.19. The molecule has 2 aromatic rings. The average molecular weight is 343 g/mol. The summed E-state index contributed by atoms with van der Waals surface area (Å²) < 4.78 is 14.1. The molecule has 0 bridgehead atoms. The average Bonchev–Trinajstić information content (AvgIpc) is 2.81. The largest absolute Gasteiger partial charge is 0.308 e. The number of nitrogens with one attached hydrogen (secondary N) is 1. The van der Waals surface area contributed by atoms with Gasteiger partial charge in [-0.15, -0.1) is 11.3 Å². The highest BCUT2D eigenvalue weighted by Crippen LogP contribution is 2.25. The van der Waals surface area contributed by atoms with E-state index in [2.05, 4.69) is 44.6 Å². The fraction of sp³-hybridized carbons (Fsp3) is 0.357. The van der Waals surface area contributed by atoms with Crippen LogP contribution in [0.5, 0.6) is 0 Å². The number of hydrogen-bond acceptors (Lipinski definition) is 3. The summed E-state index contributed by atoms with van der Waals surface area (Å²) >= 11 is 5.19. The number of hydrogen-bond donors (Lipinski definition) is 1. The molecule has 0 spiro atoms. The molecule has 2 rings (SSSR count). The molecule has 1 unspecified atom stereocenters. The predicted molar refractivity (Wildman–Crippen MR) is 81.0 cm³/mol. The summed E-state index contributed by atoms with van der Waals surface area (Å²) in [6.07, 6.45) is 3.21. The molecule has 0 saturated carbocycles. The molecule has 2 heterocycles. The van der Waals surface area contributed by atoms with Crippen molar-refractivity contribution in [2.45, 2.75) is 25.8 Å². The van der Waals surface area contributed by atoms with Gasteiger partial charge in [0.05, 0.1) is 17.9 Å². The number of nitrogens with zero attached hydrogens (tertiary/aromatic N) is 1. The molecule has 19 heavy (non-hydrogen) atoms. The lowest BCUT2D eigenvalue weighted by molar-refractivity contribution is 0.517. The lowest BCUT2D eigenvalue weighted by Crippen LogP contribution is -2.24. The molecule has 2 aromatic heterocycles. The highest BCUT2D eigenvalue weighted by Gasteiger charge is 2.14. The SMILES string of the molecule is CCCNC(Cc1cc(Br)cs1)c1ccc(F)cn1. The van der Waals surface area contributed by atoms with E-state index in [9.17, 15) is 4.39 Å². The maximum absolute atomic E-state index is 12.9. The summed E-state index contributed by atoms with van der Waals surface area (Å²) in [7, 11) is 0. The van der Waals surface area contributed by atoms with Gasteiger partial charge in [-0.25, -0.2) is 4.39 Å². The maximum atomic E-state index is 12.9. The van der Waals surface area contributed by atoms with Crippen LogP contribution < -0.4 is 5.32 Å². The summed E-state index contributed by atoms with van der Waals surface area (Å²) in [6, 6.07) is 5.47. The Morgan fingerprint density at radius 1 is 1.47 bits per heavy atom. The van der Waals surface area contributed by atoms with Crippen molar-refractivity contribution < 1.29 is 4.39 Å². The fourth-order valence-corrected chi connectivity index (χ4v) is 3.35. The van der Waals surface area contributed by atoms with Crippen LogP contribution in [0.2, 0.25) is 0 Å². The van der Waals surface area contributed by atoms with Crippen LogP contribution in [0.1, 0.15) is 30.0 Å². The van der Waals surface area contributed by atoms with E-state index in [1.807, 2.05) is 0 Å². The molecule has 0 aromatic carbocycles. The molecule has 0 fully saturated rings. The van der Waals surface area contributed by atoms with Gasteiger partial charge in [0.1, 0.15) is 5.82 Å². The minimum atomic E-state index is -0.295. The van der Waals surface area contributed by atoms with Crippen LogP contribution >= 0.6 is 27.3 Å². The van der Waals surface area contributed by atoms with Crippen molar-refractivity contribution in [2.75, 3.05) is 6.54 Å². The third kappa shape index (κ3) is 4.37. The molecule has 0 aliphatic rings. The molecule has 0 radical (unpaired) electrons. The molecule has 102 valence electrons. The maximum Gasteiger partial charge on any atom is 0.141 e. The van der Waals surface area contributed by atoms with Gasteiger partial charge < -0.3 is 5.32 Å². The fourth-order valence-electron chi connectivity index (χ4n) is 1.86. The van der Waals surface area contributed by atoms with Crippen LogP contribution in [-0.2, 0) is 6.42 Å². The Morgan fingerprint density at radius 3 is 2.89 bits per heavy atom. The number of thiophene rings is 1. The Bertz CT molecular complexity index is 512. The first-order valence-corrected chi connectivity index (χ1v) is 7.94. The molecule has 0 aliphatic heterocycles. The summed E-state index contributed by atoms with van der Waals surface area (Å²) in [4.78, 5) is 5.47. The van der Waals surface area contributed by atoms with Crippen molar-refractivity contribution in [3.05, 3.63) is 50.6 Å². The van der Waals surface area contributed by atoms with E-state index in [-0.39, 0.29) is 11.9 Å². The van der Waals surface area contributed by atoms with Gasteiger partial charge in [0.2, 0.25) is 0 Å². The van der Waals surface area contributed by atoms with E-state index in [4.69, 9.17) is 0 Å². The molecule has 0 aliphatic carbocycles. The van der Waals surface area contributed by atoms with E-state index in [1.54, 1.807) is 17.4 Å². The summed E-state index contributed by atoms with van der Waals surface area (Å²) in [5.74, 6) is -0.295. The van der Waals surface area contributed by atoms with Gasteiger partial charge in [-0.3, -0.25) is 4.98 Å². The van der Waals surface area contributed by atoms with Crippen LogP contribution in [0, 0.1) is 5.82 Å². The molecular formula is C14H16BrFN2S. The predicted octanol–water partition coefficient (Wildman–Crippen LogP) is 4.33. The second-order valence-corrected chi connectivity index (χ2v) is 6.25. The number of halogens is 2. The Kier molecular flexibility index (Phi) is 5.48. The van der Waals surface area contributed by atoms with Gasteiger partial charge in [0.15, 0.2) is 0 Å². The molecule has 0 saturated heterocycles. The van der Waals surface area contributed by atoms with Gasteiger partial charge in [0.25, 0.3) is 0 Å². The Labute approximate surface area is 125 Å². The second kappa shape index (κ2) is 7.12. The van der Waals surface area contributed by atoms with E-state index in [0.717, 1.165) is 29.6 Å². The van der Waals surface area contributed by atoms with E-state index in [0.29, 0.717) is 0 Å². The third-order valence-corrected chi connectivity index (χ3v) is 4.50. The van der Waals surface area contributed by atoms with Crippen LogP contribution in [0.4, 0.5) is 4.39 Å². The van der Waals surface area contributed by atoms with Crippen LogP contribution in [0.15, 0.2) is 34.2 Å². The zero-order valence-electron chi connectivity index (χ0n) is 10.7. The topological polar surface area (TPSA) is 24.9 Å². The van der Waals surface area contributed by atoms with Crippen molar-refractivity contribution in [1.29, 1.82) is 0 Å². The molecule has 5 heteroatoms. The van der Waals surface area contributed by atoms with Crippen LogP contribution in [0.25, 0.3) is 0 Å². The molecule has 0 amide bonds. The standard InChI is InChI=1S/C14H16BrFN2S/c1-2-5-17-14(7-12-6-10(15)9-19-12)13-4-3-11(16)8-18-13/h3-4,6,8-9,14,17H,2,5,7H2,1H3. The summed E-state index contributed by atoms with van der Waals surface area (Å²) in [5, 5.41) is 5.54. The second-order valence-electron chi connectivity index (χ2n) is 4.34. The Hall–Kier alpha value is -0.780. The van der Waals surface area contributed by atoms with Crippen molar-refractivity contribution in [1.82, 2.24) is 10.3 Å². The molecule has 1 N–H and O–H groups in total. The first kappa shape index (κ1) is 14.6. The van der Waals surface area contributed by atoms with Crippen molar-refractivity contribution in [3.8, 4) is 0 Å². The Morgan fingerprint density at radius 2 is 2.32 bits per heavy atom. The highest BCUT2D eigenvalue weighted by atomic mass is 79.9. The quantitative estimate of drug-likeness (QED) is 0.845. The number of rotatable bonds is 6. The van der Waals surface area contributed by atoms with Gasteiger partial charge >= 0.3 is 0 Å². The molecule has 1 atom stereocenters. The zero-order valence-corrected chi connectivity index (χ0v) is 13.1. The van der Waals surface area contributed by atoms with E-state index >= 15 is 0 Å². The van der Waals surface area contributed by atoms with Gasteiger partial charge in [-0.1, -0.05) is 6.92 Å². The first-order valence-electron chi connectivity index (χ1n) is 6.26. The molecule has 2 nitrogen and oxygen atoms in total. The van der Waals surface area contributed by atoms with Crippen LogP contribution in [0.3, 0.4) is 0 Å². The van der Waals surface area contributed by atoms with Gasteiger partial charge in [0, 0.05) is 21.2 Å². The van der Waals surface area contributed by atoms with Gasteiger partial charge in [-0.2, -0.15) is 0 Å². The normalized spacial score (nSPS) is 12.6. The minimum Gasteiger partial charge on any atom is -0.308 e. The minimum absolute atomic E-state index is 0.131. The highest BCUT2D eigenvalue weighted by molar-refractivity contribution is 9.10. The van der Waals surface area contributed by atoms with Crippen molar-refractivity contribution in [3.63, 3.8) is 0 Å². The lowest BCUT2D eigenvalue weighted by Gasteiger charge is -2.17. The zero-order chi connectivity index (χ0) is 13.7. The van der Waals surface area contributed by atoms with E-state index in [1.165, 1.54) is 17.1 Å². The number of aromatic nitrogens is 1. The summed E-state index contributed by atoms with van der Waals surface area (Å²) in [5.41, 5.74) is 0.888. The van der Waals surface area contributed by atoms with Crippen LogP contribution in [-0.4, -0.2) is 11.5 Å². The third-order valence-electron chi connectivity index (χ3n) is 2.78. The van der Waals surface area contributed by atoms with Crippen molar-refractivity contribution >= 4 is 27.3 Å². The smallest absolute Gasteiger partial charge is 0.141 e.